The van der Waals surface area contributed by atoms with E-state index in [1.54, 1.807) is 18.2 Å². The number of rotatable bonds is 6. The molecular weight excluding hydrogens is 306 g/mol. The molecule has 0 heterocycles. The number of nitrogens with one attached hydrogen (secondary N) is 2. The van der Waals surface area contributed by atoms with Crippen LogP contribution in [0.2, 0.25) is 0 Å². The van der Waals surface area contributed by atoms with Gasteiger partial charge in [0, 0.05) is 18.3 Å². The number of benzene rings is 2. The van der Waals surface area contributed by atoms with Crippen LogP contribution in [0.3, 0.4) is 0 Å². The lowest BCUT2D eigenvalue weighted by Gasteiger charge is -2.09. The number of nitrogens with two attached hydrogens (primary N) is 1. The maximum absolute atomic E-state index is 10.9. The number of guanidine groups is 1. The van der Waals surface area contributed by atoms with Crippen molar-refractivity contribution < 1.29 is 4.92 Å². The molecule has 2 aromatic carbocycles. The van der Waals surface area contributed by atoms with E-state index in [4.69, 9.17) is 5.73 Å². The number of hydrogen-bond donors (Lipinski definition) is 3. The third kappa shape index (κ3) is 4.70. The smallest absolute Gasteiger partial charge is 0.292 e. The largest absolute Gasteiger partial charge is 0.378 e. The molecule has 7 nitrogen and oxygen atoms in total. The highest BCUT2D eigenvalue weighted by Crippen LogP contribution is 2.22. The number of nitro groups is 1. The Hall–Kier alpha value is -3.09. The molecule has 0 bridgehead atoms. The van der Waals surface area contributed by atoms with Gasteiger partial charge in [0.25, 0.3) is 5.69 Å². The quantitative estimate of drug-likeness (QED) is 0.249. The molecule has 0 aliphatic carbocycles. The number of hydrogen-bond acceptors (Lipinski definition) is 4. The molecule has 4 N–H and O–H groups in total. The molecule has 0 unspecified atom stereocenters. The molecule has 24 heavy (non-hydrogen) atoms. The first kappa shape index (κ1) is 17.3. The molecule has 7 heteroatoms. The predicted molar refractivity (Wildman–Crippen MR) is 97.6 cm³/mol. The molecule has 0 aliphatic heterocycles. The molecule has 2 rings (SSSR count). The fourth-order valence-corrected chi connectivity index (χ4v) is 2.16. The van der Waals surface area contributed by atoms with Gasteiger partial charge >= 0.3 is 0 Å². The van der Waals surface area contributed by atoms with Crippen LogP contribution in [-0.2, 0) is 0 Å². The van der Waals surface area contributed by atoms with E-state index >= 15 is 0 Å². The fourth-order valence-electron chi connectivity index (χ4n) is 2.16. The van der Waals surface area contributed by atoms with Gasteiger partial charge in [-0.05, 0) is 43.2 Å². The molecule has 0 saturated carbocycles. The maximum atomic E-state index is 10.9. The first-order valence-corrected chi connectivity index (χ1v) is 7.59. The van der Waals surface area contributed by atoms with Crippen LogP contribution in [0.15, 0.2) is 47.5 Å². The lowest BCUT2D eigenvalue weighted by atomic mass is 10.1. The van der Waals surface area contributed by atoms with Gasteiger partial charge in [-0.2, -0.15) is 0 Å². The van der Waals surface area contributed by atoms with Crippen molar-refractivity contribution in [2.75, 3.05) is 23.7 Å². The van der Waals surface area contributed by atoms with Crippen LogP contribution >= 0.6 is 0 Å². The highest BCUT2D eigenvalue weighted by atomic mass is 16.6. The van der Waals surface area contributed by atoms with Crippen molar-refractivity contribution in [3.05, 3.63) is 63.7 Å². The Kier molecular flexibility index (Phi) is 5.73. The summed E-state index contributed by atoms with van der Waals surface area (Å²) in [5, 5.41) is 17.0. The van der Waals surface area contributed by atoms with Crippen molar-refractivity contribution >= 4 is 23.0 Å². The minimum absolute atomic E-state index is 0.0442. The van der Waals surface area contributed by atoms with Crippen molar-refractivity contribution in [2.45, 2.75) is 13.8 Å². The number of nitrogens with zero attached hydrogens (tertiary/aromatic N) is 2. The summed E-state index contributed by atoms with van der Waals surface area (Å²) in [5.41, 5.74) is 9.63. The van der Waals surface area contributed by atoms with Crippen LogP contribution in [0.1, 0.15) is 11.1 Å². The van der Waals surface area contributed by atoms with Crippen LogP contribution in [0.25, 0.3) is 0 Å². The van der Waals surface area contributed by atoms with Crippen molar-refractivity contribution in [1.82, 2.24) is 0 Å². The van der Waals surface area contributed by atoms with Gasteiger partial charge in [0.1, 0.15) is 5.69 Å². The summed E-state index contributed by atoms with van der Waals surface area (Å²) >= 11 is 0. The first-order chi connectivity index (χ1) is 11.5. The van der Waals surface area contributed by atoms with Crippen LogP contribution in [0.5, 0.6) is 0 Å². The number of nitro benzene ring substituents is 1. The maximum Gasteiger partial charge on any atom is 0.292 e. The number of para-hydroxylation sites is 2. The van der Waals surface area contributed by atoms with Gasteiger partial charge in [0.2, 0.25) is 0 Å². The van der Waals surface area contributed by atoms with Gasteiger partial charge in [-0.25, -0.2) is 0 Å². The van der Waals surface area contributed by atoms with E-state index in [0.29, 0.717) is 24.7 Å². The number of aryl methyl sites for hydroxylation is 2. The van der Waals surface area contributed by atoms with E-state index in [2.05, 4.69) is 15.6 Å². The zero-order chi connectivity index (χ0) is 17.5. The van der Waals surface area contributed by atoms with Crippen molar-refractivity contribution in [3.8, 4) is 0 Å². The second-order valence-corrected chi connectivity index (χ2v) is 5.39. The van der Waals surface area contributed by atoms with E-state index in [-0.39, 0.29) is 5.69 Å². The molecule has 0 saturated heterocycles. The summed E-state index contributed by atoms with van der Waals surface area (Å²) in [7, 11) is 0. The van der Waals surface area contributed by atoms with Gasteiger partial charge < -0.3 is 16.4 Å². The van der Waals surface area contributed by atoms with Gasteiger partial charge in [-0.3, -0.25) is 15.1 Å². The molecule has 2 aromatic rings. The standard InChI is InChI=1S/C17H21N5O2/c1-12-7-8-14(11-13(12)2)21-17(18)20-10-9-19-15-5-3-4-6-16(15)22(23)24/h3-8,11,19H,9-10H2,1-2H3,(H3,18,20,21). The molecule has 0 fully saturated rings. The van der Waals surface area contributed by atoms with Gasteiger partial charge in [0.05, 0.1) is 11.5 Å². The van der Waals surface area contributed by atoms with E-state index in [9.17, 15) is 10.1 Å². The predicted octanol–water partition coefficient (Wildman–Crippen LogP) is 3.05. The second-order valence-electron chi connectivity index (χ2n) is 5.39. The highest BCUT2D eigenvalue weighted by molar-refractivity contribution is 5.92. The first-order valence-electron chi connectivity index (χ1n) is 7.59. The molecule has 0 spiro atoms. The Balaban J connectivity index is 1.87. The lowest BCUT2D eigenvalue weighted by molar-refractivity contribution is -0.384. The van der Waals surface area contributed by atoms with Crippen LogP contribution < -0.4 is 16.4 Å². The summed E-state index contributed by atoms with van der Waals surface area (Å²) < 4.78 is 0. The van der Waals surface area contributed by atoms with E-state index < -0.39 is 4.92 Å². The minimum atomic E-state index is -0.415. The summed E-state index contributed by atoms with van der Waals surface area (Å²) in [5.74, 6) is 0.308. The lowest BCUT2D eigenvalue weighted by Crippen LogP contribution is -2.23. The van der Waals surface area contributed by atoms with Crippen LogP contribution in [0, 0.1) is 24.0 Å². The molecular formula is C17H21N5O2. The van der Waals surface area contributed by atoms with E-state index in [1.807, 2.05) is 32.0 Å². The summed E-state index contributed by atoms with van der Waals surface area (Å²) in [6, 6.07) is 12.5. The molecule has 0 aliphatic rings. The average molecular weight is 327 g/mol. The molecule has 0 atom stereocenters. The second kappa shape index (κ2) is 7.96. The normalized spacial score (nSPS) is 11.2. The molecule has 0 aromatic heterocycles. The Morgan fingerprint density at radius 2 is 1.96 bits per heavy atom. The molecule has 126 valence electrons. The van der Waals surface area contributed by atoms with Crippen molar-refractivity contribution in [1.29, 1.82) is 0 Å². The topological polar surface area (TPSA) is 106 Å². The average Bonchev–Trinajstić information content (AvgIpc) is 2.55. The zero-order valence-corrected chi connectivity index (χ0v) is 13.7. The third-order valence-electron chi connectivity index (χ3n) is 3.59. The van der Waals surface area contributed by atoms with Crippen molar-refractivity contribution in [2.24, 2.45) is 10.7 Å². The number of aliphatic imine (C=N–C) groups is 1. The minimum Gasteiger partial charge on any atom is -0.378 e. The Labute approximate surface area is 140 Å². The zero-order valence-electron chi connectivity index (χ0n) is 13.7. The van der Waals surface area contributed by atoms with Crippen molar-refractivity contribution in [3.63, 3.8) is 0 Å². The fraction of sp³-hybridized carbons (Fsp3) is 0.235. The Morgan fingerprint density at radius 1 is 1.21 bits per heavy atom. The van der Waals surface area contributed by atoms with Gasteiger partial charge in [0.15, 0.2) is 5.96 Å². The van der Waals surface area contributed by atoms with Crippen LogP contribution in [0.4, 0.5) is 17.1 Å². The van der Waals surface area contributed by atoms with Crippen LogP contribution in [-0.4, -0.2) is 24.0 Å². The van der Waals surface area contributed by atoms with E-state index in [1.165, 1.54) is 17.2 Å². The van der Waals surface area contributed by atoms with E-state index in [0.717, 1.165) is 5.69 Å². The molecule has 0 amide bonds. The third-order valence-corrected chi connectivity index (χ3v) is 3.59. The highest BCUT2D eigenvalue weighted by Gasteiger charge is 2.10. The SMILES string of the molecule is Cc1ccc(NC(N)=NCCNc2ccccc2[N+](=O)[O-])cc1C. The monoisotopic (exact) mass is 327 g/mol. The van der Waals surface area contributed by atoms with Gasteiger partial charge in [-0.1, -0.05) is 18.2 Å². The Bertz CT molecular complexity index is 758. The Morgan fingerprint density at radius 3 is 2.67 bits per heavy atom. The summed E-state index contributed by atoms with van der Waals surface area (Å²) in [4.78, 5) is 14.7. The molecule has 0 radical (unpaired) electrons. The van der Waals surface area contributed by atoms with Gasteiger partial charge in [-0.15, -0.1) is 0 Å². The number of anilines is 2. The summed E-state index contributed by atoms with van der Waals surface area (Å²) in [6.45, 7) is 4.92. The summed E-state index contributed by atoms with van der Waals surface area (Å²) in [6.07, 6.45) is 0.